The molecular weight excluding hydrogens is 356 g/mol. The van der Waals surface area contributed by atoms with Crippen molar-refractivity contribution in [3.8, 4) is 11.5 Å². The summed E-state index contributed by atoms with van der Waals surface area (Å²) in [7, 11) is 0. The zero-order chi connectivity index (χ0) is 21.1. The van der Waals surface area contributed by atoms with E-state index in [1.165, 1.54) is 67.7 Å². The smallest absolute Gasteiger partial charge is 0.130 e. The van der Waals surface area contributed by atoms with E-state index in [1.54, 1.807) is 0 Å². The van der Waals surface area contributed by atoms with Crippen LogP contribution in [0.4, 0.5) is 0 Å². The Morgan fingerprint density at radius 3 is 1.86 bits per heavy atom. The molecule has 0 radical (unpaired) electrons. The maximum atomic E-state index is 6.40. The van der Waals surface area contributed by atoms with Crippen LogP contribution in [0.3, 0.4) is 0 Å². The molecule has 2 atom stereocenters. The lowest BCUT2D eigenvalue weighted by molar-refractivity contribution is 0.230. The molecule has 0 saturated carbocycles. The fraction of sp³-hybridized carbons (Fsp3) is 0.630. The molecule has 2 rings (SSSR count). The van der Waals surface area contributed by atoms with Crippen LogP contribution < -0.4 is 9.47 Å². The molecule has 0 aliphatic rings. The third-order valence-corrected chi connectivity index (χ3v) is 6.17. The molecule has 2 aromatic rings. The lowest BCUT2D eigenvalue weighted by Gasteiger charge is -2.21. The zero-order valence-corrected chi connectivity index (χ0v) is 19.4. The number of rotatable bonds is 14. The number of aryl methyl sites for hydroxylation is 1. The van der Waals surface area contributed by atoms with Gasteiger partial charge in [0, 0.05) is 10.8 Å². The summed E-state index contributed by atoms with van der Waals surface area (Å²) in [5.74, 6) is 3.29. The number of benzene rings is 2. The molecule has 0 fully saturated rings. The number of fused-ring (bicyclic) bond motifs is 1. The van der Waals surface area contributed by atoms with Crippen LogP contribution in [0.15, 0.2) is 30.3 Å². The van der Waals surface area contributed by atoms with E-state index in [1.807, 2.05) is 0 Å². The van der Waals surface area contributed by atoms with Crippen LogP contribution in [0, 0.1) is 18.8 Å². The summed E-state index contributed by atoms with van der Waals surface area (Å²) in [4.78, 5) is 0. The minimum absolute atomic E-state index is 0.632. The van der Waals surface area contributed by atoms with Crippen LogP contribution in [-0.4, -0.2) is 13.2 Å². The second-order valence-electron chi connectivity index (χ2n) is 8.52. The van der Waals surface area contributed by atoms with Gasteiger partial charge in [0.15, 0.2) is 0 Å². The van der Waals surface area contributed by atoms with Gasteiger partial charge in [0.1, 0.15) is 11.5 Å². The van der Waals surface area contributed by atoms with Gasteiger partial charge in [-0.1, -0.05) is 90.5 Å². The summed E-state index contributed by atoms with van der Waals surface area (Å²) in [5, 5.41) is 2.34. The second-order valence-corrected chi connectivity index (χ2v) is 8.52. The molecule has 29 heavy (non-hydrogen) atoms. The van der Waals surface area contributed by atoms with Crippen LogP contribution in [0.25, 0.3) is 10.8 Å². The normalized spacial score (nSPS) is 13.4. The van der Waals surface area contributed by atoms with Crippen molar-refractivity contribution >= 4 is 10.8 Å². The highest BCUT2D eigenvalue weighted by Crippen LogP contribution is 2.37. The summed E-state index contributed by atoms with van der Waals surface area (Å²) in [6, 6.07) is 10.7. The highest BCUT2D eigenvalue weighted by Gasteiger charge is 2.15. The molecule has 0 N–H and O–H groups in total. The van der Waals surface area contributed by atoms with Crippen molar-refractivity contribution in [3.63, 3.8) is 0 Å². The molecule has 0 aliphatic carbocycles. The predicted molar refractivity (Wildman–Crippen MR) is 126 cm³/mol. The van der Waals surface area contributed by atoms with Crippen molar-refractivity contribution in [1.29, 1.82) is 0 Å². The van der Waals surface area contributed by atoms with E-state index >= 15 is 0 Å². The van der Waals surface area contributed by atoms with E-state index in [0.29, 0.717) is 11.8 Å². The van der Waals surface area contributed by atoms with Crippen molar-refractivity contribution < 1.29 is 9.47 Å². The molecule has 0 saturated heterocycles. The molecule has 0 bridgehead atoms. The fourth-order valence-electron chi connectivity index (χ4n) is 3.96. The average molecular weight is 399 g/mol. The molecule has 0 aliphatic heterocycles. The first-order valence-electron chi connectivity index (χ1n) is 11.9. The molecule has 0 aromatic heterocycles. The van der Waals surface area contributed by atoms with E-state index in [0.717, 1.165) is 24.7 Å². The van der Waals surface area contributed by atoms with Gasteiger partial charge in [-0.25, -0.2) is 0 Å². The van der Waals surface area contributed by atoms with Crippen molar-refractivity contribution in [2.45, 2.75) is 86.0 Å². The quantitative estimate of drug-likeness (QED) is 0.318. The highest BCUT2D eigenvalue weighted by molar-refractivity contribution is 5.94. The Balaban J connectivity index is 2.18. The van der Waals surface area contributed by atoms with E-state index in [4.69, 9.17) is 9.47 Å². The summed E-state index contributed by atoms with van der Waals surface area (Å²) in [6.45, 7) is 12.8. The first-order chi connectivity index (χ1) is 14.1. The lowest BCUT2D eigenvalue weighted by atomic mass is 10.00. The van der Waals surface area contributed by atoms with Gasteiger partial charge in [-0.2, -0.15) is 0 Å². The van der Waals surface area contributed by atoms with Crippen LogP contribution in [0.1, 0.15) is 84.6 Å². The van der Waals surface area contributed by atoms with Crippen molar-refractivity contribution in [3.05, 3.63) is 35.9 Å². The molecule has 0 spiro atoms. The Bertz CT molecular complexity index is 722. The van der Waals surface area contributed by atoms with Crippen LogP contribution in [-0.2, 0) is 0 Å². The minimum atomic E-state index is 0.632. The maximum Gasteiger partial charge on any atom is 0.130 e. The summed E-state index contributed by atoms with van der Waals surface area (Å²) < 4.78 is 12.7. The zero-order valence-electron chi connectivity index (χ0n) is 19.4. The Kier molecular flexibility index (Phi) is 10.4. The van der Waals surface area contributed by atoms with E-state index in [-0.39, 0.29) is 0 Å². The van der Waals surface area contributed by atoms with E-state index in [9.17, 15) is 0 Å². The fourth-order valence-corrected chi connectivity index (χ4v) is 3.96. The first-order valence-corrected chi connectivity index (χ1v) is 11.9. The molecule has 0 heterocycles. The summed E-state index contributed by atoms with van der Waals surface area (Å²) in [6.07, 6.45) is 9.92. The number of hydrogen-bond donors (Lipinski definition) is 0. The van der Waals surface area contributed by atoms with Gasteiger partial charge in [-0.05, 0) is 43.2 Å². The molecule has 0 amide bonds. The van der Waals surface area contributed by atoms with Crippen molar-refractivity contribution in [1.82, 2.24) is 0 Å². The third kappa shape index (κ3) is 6.94. The number of hydrogen-bond acceptors (Lipinski definition) is 2. The van der Waals surface area contributed by atoms with Gasteiger partial charge in [0.25, 0.3) is 0 Å². The van der Waals surface area contributed by atoms with Gasteiger partial charge >= 0.3 is 0 Å². The summed E-state index contributed by atoms with van der Waals surface area (Å²) in [5.41, 5.74) is 1.17. The van der Waals surface area contributed by atoms with Crippen molar-refractivity contribution in [2.75, 3.05) is 13.2 Å². The SMILES string of the molecule is CCCCC(CC)COc1cc(C)c(OCC(CC)CCCC)c2ccccc12. The Morgan fingerprint density at radius 2 is 1.31 bits per heavy atom. The van der Waals surface area contributed by atoms with E-state index in [2.05, 4.69) is 65.0 Å². The molecule has 2 heteroatoms. The van der Waals surface area contributed by atoms with Crippen LogP contribution >= 0.6 is 0 Å². The second kappa shape index (κ2) is 12.8. The average Bonchev–Trinajstić information content (AvgIpc) is 2.75. The number of unbranched alkanes of at least 4 members (excludes halogenated alkanes) is 2. The van der Waals surface area contributed by atoms with Gasteiger partial charge in [-0.3, -0.25) is 0 Å². The van der Waals surface area contributed by atoms with Gasteiger partial charge in [-0.15, -0.1) is 0 Å². The Labute approximate surface area is 179 Å². The molecule has 2 unspecified atom stereocenters. The van der Waals surface area contributed by atoms with Crippen LogP contribution in [0.2, 0.25) is 0 Å². The standard InChI is InChI=1S/C27H42O2/c1-6-10-14-22(8-3)19-28-26-18-21(5)27(25-17-13-12-16-24(25)26)29-20-23(9-4)15-11-7-2/h12-13,16-18,22-23H,6-11,14-15,19-20H2,1-5H3. The minimum Gasteiger partial charge on any atom is -0.493 e. The van der Waals surface area contributed by atoms with Gasteiger partial charge in [0.05, 0.1) is 13.2 Å². The summed E-state index contributed by atoms with van der Waals surface area (Å²) >= 11 is 0. The van der Waals surface area contributed by atoms with Crippen LogP contribution in [0.5, 0.6) is 11.5 Å². The molecule has 2 nitrogen and oxygen atoms in total. The van der Waals surface area contributed by atoms with E-state index < -0.39 is 0 Å². The maximum absolute atomic E-state index is 6.40. The predicted octanol–water partition coefficient (Wildman–Crippen LogP) is 8.34. The Hall–Kier alpha value is -1.70. The number of ether oxygens (including phenoxy) is 2. The monoisotopic (exact) mass is 398 g/mol. The Morgan fingerprint density at radius 1 is 0.759 bits per heavy atom. The lowest BCUT2D eigenvalue weighted by Crippen LogP contribution is -2.13. The van der Waals surface area contributed by atoms with Gasteiger partial charge in [0.2, 0.25) is 0 Å². The van der Waals surface area contributed by atoms with Gasteiger partial charge < -0.3 is 9.47 Å². The molecular formula is C27H42O2. The third-order valence-electron chi connectivity index (χ3n) is 6.17. The molecule has 2 aromatic carbocycles. The largest absolute Gasteiger partial charge is 0.493 e. The highest BCUT2D eigenvalue weighted by atomic mass is 16.5. The van der Waals surface area contributed by atoms with Crippen molar-refractivity contribution in [2.24, 2.45) is 11.8 Å². The first kappa shape index (κ1) is 23.6. The molecule has 162 valence electrons. The topological polar surface area (TPSA) is 18.5 Å².